The van der Waals surface area contributed by atoms with Crippen LogP contribution in [0.2, 0.25) is 0 Å². The summed E-state index contributed by atoms with van der Waals surface area (Å²) < 4.78 is 14.6. The van der Waals surface area contributed by atoms with Gasteiger partial charge in [-0.25, -0.2) is 9.37 Å². The number of benzene rings is 1. The molecule has 3 rings (SSSR count). The van der Waals surface area contributed by atoms with E-state index in [4.69, 9.17) is 4.98 Å². The summed E-state index contributed by atoms with van der Waals surface area (Å²) in [6.07, 6.45) is 1.05. The lowest BCUT2D eigenvalue weighted by Gasteiger charge is -2.10. The van der Waals surface area contributed by atoms with E-state index >= 15 is 0 Å². The second kappa shape index (κ2) is 8.35. The monoisotopic (exact) mass is 404 g/mol. The Balaban J connectivity index is 1.69. The number of fused-ring (bicyclic) bond motifs is 1. The standard InChI is InChI=1S/C20H21FN2O2S2/c1-4-23-19(25)17-12(2)13(3)27-18(17)22-20(23)26-11-5-6-16(24)14-7-9-15(21)10-8-14/h7-10H,4-6,11H2,1-3H3. The molecule has 0 spiro atoms. The minimum atomic E-state index is -0.347. The van der Waals surface area contributed by atoms with Crippen LogP contribution in [0.4, 0.5) is 4.39 Å². The van der Waals surface area contributed by atoms with Crippen LogP contribution >= 0.6 is 23.1 Å². The molecule has 0 aliphatic heterocycles. The third-order valence-electron chi connectivity index (χ3n) is 4.52. The van der Waals surface area contributed by atoms with Gasteiger partial charge in [0.05, 0.1) is 5.39 Å². The van der Waals surface area contributed by atoms with Crippen LogP contribution < -0.4 is 5.56 Å². The van der Waals surface area contributed by atoms with Gasteiger partial charge in [0.1, 0.15) is 10.6 Å². The van der Waals surface area contributed by atoms with Gasteiger partial charge < -0.3 is 0 Å². The van der Waals surface area contributed by atoms with Gasteiger partial charge in [0.15, 0.2) is 10.9 Å². The third kappa shape index (κ3) is 4.14. The summed E-state index contributed by atoms with van der Waals surface area (Å²) in [5.74, 6) is 0.338. The van der Waals surface area contributed by atoms with Crippen molar-refractivity contribution >= 4 is 39.1 Å². The number of rotatable bonds is 7. The molecule has 0 fully saturated rings. The molecule has 0 saturated carbocycles. The predicted octanol–water partition coefficient (Wildman–Crippen LogP) is 4.99. The number of aromatic nitrogens is 2. The molecule has 2 aromatic heterocycles. The molecule has 0 radical (unpaired) electrons. The number of ketones is 1. The summed E-state index contributed by atoms with van der Waals surface area (Å²) in [5.41, 5.74) is 1.54. The normalized spacial score (nSPS) is 11.3. The van der Waals surface area contributed by atoms with E-state index in [9.17, 15) is 14.0 Å². The van der Waals surface area contributed by atoms with Crippen LogP contribution in [-0.2, 0) is 6.54 Å². The Hall–Kier alpha value is -1.99. The highest BCUT2D eigenvalue weighted by molar-refractivity contribution is 7.99. The molecule has 142 valence electrons. The van der Waals surface area contributed by atoms with E-state index in [1.165, 1.54) is 36.0 Å². The minimum Gasteiger partial charge on any atom is -0.294 e. The molecule has 0 bridgehead atoms. The van der Waals surface area contributed by atoms with E-state index < -0.39 is 0 Å². The Bertz CT molecular complexity index is 1040. The lowest BCUT2D eigenvalue weighted by atomic mass is 10.1. The Morgan fingerprint density at radius 2 is 1.96 bits per heavy atom. The first kappa shape index (κ1) is 19.8. The number of thiophene rings is 1. The lowest BCUT2D eigenvalue weighted by Crippen LogP contribution is -2.22. The summed E-state index contributed by atoms with van der Waals surface area (Å²) in [6, 6.07) is 5.62. The fraction of sp³-hybridized carbons (Fsp3) is 0.350. The predicted molar refractivity (Wildman–Crippen MR) is 110 cm³/mol. The van der Waals surface area contributed by atoms with Crippen molar-refractivity contribution in [2.24, 2.45) is 0 Å². The Morgan fingerprint density at radius 3 is 2.63 bits per heavy atom. The van der Waals surface area contributed by atoms with Crippen molar-refractivity contribution in [2.45, 2.75) is 45.3 Å². The van der Waals surface area contributed by atoms with Gasteiger partial charge in [0.2, 0.25) is 0 Å². The van der Waals surface area contributed by atoms with Crippen LogP contribution in [0.15, 0.2) is 34.2 Å². The van der Waals surface area contributed by atoms with Gasteiger partial charge in [-0.2, -0.15) is 0 Å². The SMILES string of the molecule is CCn1c(SCCCC(=O)c2ccc(F)cc2)nc2sc(C)c(C)c2c1=O. The van der Waals surface area contributed by atoms with E-state index in [1.807, 2.05) is 20.8 Å². The third-order valence-corrected chi connectivity index (χ3v) is 6.68. The zero-order valence-corrected chi connectivity index (χ0v) is 17.2. The molecule has 2 heterocycles. The second-order valence-corrected chi connectivity index (χ2v) is 8.55. The summed E-state index contributed by atoms with van der Waals surface area (Å²) in [6.45, 7) is 6.47. The second-order valence-electron chi connectivity index (χ2n) is 6.29. The van der Waals surface area contributed by atoms with Crippen molar-refractivity contribution in [3.8, 4) is 0 Å². The molecule has 7 heteroatoms. The number of hydrogen-bond donors (Lipinski definition) is 0. The Morgan fingerprint density at radius 1 is 1.26 bits per heavy atom. The van der Waals surface area contributed by atoms with Crippen molar-refractivity contribution in [3.05, 3.63) is 56.4 Å². The molecule has 0 saturated heterocycles. The molecule has 27 heavy (non-hydrogen) atoms. The first-order valence-corrected chi connectivity index (χ1v) is 10.6. The topological polar surface area (TPSA) is 52.0 Å². The van der Waals surface area contributed by atoms with Crippen molar-refractivity contribution in [1.29, 1.82) is 0 Å². The Kier molecular flexibility index (Phi) is 6.11. The molecular weight excluding hydrogens is 383 g/mol. The van der Waals surface area contributed by atoms with Crippen molar-refractivity contribution in [2.75, 3.05) is 5.75 Å². The van der Waals surface area contributed by atoms with Crippen molar-refractivity contribution < 1.29 is 9.18 Å². The quantitative estimate of drug-likeness (QED) is 0.241. The number of carbonyl (C=O) groups excluding carboxylic acids is 1. The summed E-state index contributed by atoms with van der Waals surface area (Å²) in [4.78, 5) is 31.5. The molecule has 4 nitrogen and oxygen atoms in total. The number of thioether (sulfide) groups is 1. The lowest BCUT2D eigenvalue weighted by molar-refractivity contribution is 0.0982. The molecule has 0 amide bonds. The van der Waals surface area contributed by atoms with Gasteiger partial charge in [-0.15, -0.1) is 11.3 Å². The fourth-order valence-electron chi connectivity index (χ4n) is 2.87. The number of nitrogens with zero attached hydrogens (tertiary/aromatic N) is 2. The van der Waals surface area contributed by atoms with Gasteiger partial charge in [-0.1, -0.05) is 11.8 Å². The van der Waals surface area contributed by atoms with Crippen LogP contribution in [0.25, 0.3) is 10.2 Å². The fourth-order valence-corrected chi connectivity index (χ4v) is 4.95. The summed E-state index contributed by atoms with van der Waals surface area (Å²) in [5, 5.41) is 1.42. The van der Waals surface area contributed by atoms with Gasteiger partial charge in [-0.05, 0) is 57.0 Å². The van der Waals surface area contributed by atoms with Crippen LogP contribution in [0.3, 0.4) is 0 Å². The maximum Gasteiger partial charge on any atom is 0.263 e. The highest BCUT2D eigenvalue weighted by Gasteiger charge is 2.16. The summed E-state index contributed by atoms with van der Waals surface area (Å²) >= 11 is 3.05. The molecule has 0 aliphatic carbocycles. The number of aryl methyl sites for hydroxylation is 2. The molecule has 0 N–H and O–H groups in total. The highest BCUT2D eigenvalue weighted by Crippen LogP contribution is 2.28. The maximum atomic E-state index is 12.9. The largest absolute Gasteiger partial charge is 0.294 e. The van der Waals surface area contributed by atoms with Gasteiger partial charge in [-0.3, -0.25) is 14.2 Å². The van der Waals surface area contributed by atoms with E-state index in [2.05, 4.69) is 0 Å². The molecular formula is C20H21FN2O2S2. The van der Waals surface area contributed by atoms with Gasteiger partial charge in [0.25, 0.3) is 5.56 Å². The molecule has 0 aliphatic rings. The number of hydrogen-bond acceptors (Lipinski definition) is 5. The molecule has 1 aromatic carbocycles. The smallest absolute Gasteiger partial charge is 0.263 e. The van der Waals surface area contributed by atoms with Crippen molar-refractivity contribution in [1.82, 2.24) is 9.55 Å². The van der Waals surface area contributed by atoms with Crippen LogP contribution in [0.5, 0.6) is 0 Å². The van der Waals surface area contributed by atoms with Crippen LogP contribution in [-0.4, -0.2) is 21.1 Å². The number of carbonyl (C=O) groups is 1. The van der Waals surface area contributed by atoms with E-state index in [0.29, 0.717) is 35.9 Å². The molecule has 0 atom stereocenters. The zero-order chi connectivity index (χ0) is 19.6. The summed E-state index contributed by atoms with van der Waals surface area (Å²) in [7, 11) is 0. The first-order chi connectivity index (χ1) is 12.9. The molecule has 3 aromatic rings. The van der Waals surface area contributed by atoms with Crippen LogP contribution in [0, 0.1) is 19.7 Å². The Labute approximate surface area is 165 Å². The van der Waals surface area contributed by atoms with E-state index in [0.717, 1.165) is 20.7 Å². The highest BCUT2D eigenvalue weighted by atomic mass is 32.2. The average molecular weight is 405 g/mol. The maximum absolute atomic E-state index is 12.9. The van der Waals surface area contributed by atoms with Gasteiger partial charge in [0, 0.05) is 29.2 Å². The van der Waals surface area contributed by atoms with E-state index in [-0.39, 0.29) is 17.2 Å². The van der Waals surface area contributed by atoms with Crippen molar-refractivity contribution in [3.63, 3.8) is 0 Å². The minimum absolute atomic E-state index is 0.00333. The number of Topliss-reactive ketones (excluding diaryl/α,β-unsaturated/α-hetero) is 1. The van der Waals surface area contributed by atoms with Crippen LogP contribution in [0.1, 0.15) is 40.6 Å². The van der Waals surface area contributed by atoms with E-state index in [1.54, 1.807) is 15.9 Å². The molecule has 0 unspecified atom stereocenters. The zero-order valence-electron chi connectivity index (χ0n) is 15.5. The van der Waals surface area contributed by atoms with Gasteiger partial charge >= 0.3 is 0 Å². The first-order valence-electron chi connectivity index (χ1n) is 8.84. The average Bonchev–Trinajstić information content (AvgIpc) is 2.93. The number of halogens is 1.